The maximum absolute atomic E-state index is 13.4. The van der Waals surface area contributed by atoms with E-state index in [2.05, 4.69) is 5.32 Å². The molecule has 0 fully saturated rings. The first-order chi connectivity index (χ1) is 8.65. The predicted octanol–water partition coefficient (Wildman–Crippen LogP) is 1.95. The molecule has 18 heavy (non-hydrogen) atoms. The Bertz CT molecular complexity index is 397. The van der Waals surface area contributed by atoms with E-state index in [0.29, 0.717) is 12.2 Å². The van der Waals surface area contributed by atoms with Crippen molar-refractivity contribution in [3.8, 4) is 0 Å². The molecule has 0 unspecified atom stereocenters. The summed E-state index contributed by atoms with van der Waals surface area (Å²) in [4.78, 5) is 11.6. The fraction of sp³-hybridized carbons (Fsp3) is 0.462. The van der Waals surface area contributed by atoms with Gasteiger partial charge in [-0.1, -0.05) is 0 Å². The van der Waals surface area contributed by atoms with Gasteiger partial charge in [0.15, 0.2) is 0 Å². The summed E-state index contributed by atoms with van der Waals surface area (Å²) in [5.74, 6) is -0.994. The highest BCUT2D eigenvalue weighted by Gasteiger charge is 2.10. The Morgan fingerprint density at radius 3 is 2.83 bits per heavy atom. The molecule has 1 aromatic rings. The van der Waals surface area contributed by atoms with Crippen LogP contribution in [0.15, 0.2) is 18.2 Å². The molecule has 0 bridgehead atoms. The number of hydrogen-bond acceptors (Lipinski definition) is 3. The van der Waals surface area contributed by atoms with E-state index in [1.54, 1.807) is 7.11 Å². The summed E-state index contributed by atoms with van der Waals surface area (Å²) in [6.07, 6.45) is 2.78. The van der Waals surface area contributed by atoms with Crippen molar-refractivity contribution >= 4 is 11.6 Å². The molecule has 0 heterocycles. The molecular weight excluding hydrogens is 235 g/mol. The van der Waals surface area contributed by atoms with Gasteiger partial charge in [-0.15, -0.1) is 0 Å². The molecule has 0 atom stereocenters. The first kappa shape index (κ1) is 14.4. The van der Waals surface area contributed by atoms with E-state index in [-0.39, 0.29) is 5.56 Å². The van der Waals surface area contributed by atoms with Crippen molar-refractivity contribution in [3.63, 3.8) is 0 Å². The third kappa shape index (κ3) is 4.71. The summed E-state index contributed by atoms with van der Waals surface area (Å²) >= 11 is 0. The number of nitrogens with one attached hydrogen (secondary N) is 1. The van der Waals surface area contributed by atoms with Crippen molar-refractivity contribution in [2.24, 2.45) is 0 Å². The smallest absolute Gasteiger partial charge is 0.254 e. The lowest BCUT2D eigenvalue weighted by Crippen LogP contribution is -2.25. The average molecular weight is 254 g/mol. The lowest BCUT2D eigenvalue weighted by atomic mass is 10.1. The molecule has 0 aliphatic carbocycles. The molecule has 1 aromatic carbocycles. The van der Waals surface area contributed by atoms with Crippen molar-refractivity contribution in [1.82, 2.24) is 5.32 Å². The number of carbonyl (C=O) groups is 1. The van der Waals surface area contributed by atoms with Gasteiger partial charge in [0.05, 0.1) is 5.56 Å². The largest absolute Gasteiger partial charge is 0.399 e. The van der Waals surface area contributed by atoms with Gasteiger partial charge in [-0.2, -0.15) is 0 Å². The molecule has 0 aromatic heterocycles. The zero-order valence-electron chi connectivity index (χ0n) is 10.5. The van der Waals surface area contributed by atoms with Crippen LogP contribution in [-0.2, 0) is 4.74 Å². The molecule has 0 spiro atoms. The Hall–Kier alpha value is -1.62. The topological polar surface area (TPSA) is 64.3 Å². The molecule has 1 rings (SSSR count). The maximum Gasteiger partial charge on any atom is 0.254 e. The van der Waals surface area contributed by atoms with Crippen LogP contribution in [0.1, 0.15) is 29.6 Å². The van der Waals surface area contributed by atoms with Crippen molar-refractivity contribution in [3.05, 3.63) is 29.6 Å². The van der Waals surface area contributed by atoms with Gasteiger partial charge in [0, 0.05) is 25.9 Å². The fourth-order valence-corrected chi connectivity index (χ4v) is 1.56. The van der Waals surface area contributed by atoms with Gasteiger partial charge < -0.3 is 15.8 Å². The highest BCUT2D eigenvalue weighted by molar-refractivity contribution is 5.94. The molecule has 0 radical (unpaired) electrons. The number of hydrogen-bond donors (Lipinski definition) is 2. The zero-order chi connectivity index (χ0) is 13.4. The van der Waals surface area contributed by atoms with Crippen LogP contribution in [0.5, 0.6) is 0 Å². The normalized spacial score (nSPS) is 10.3. The van der Waals surface area contributed by atoms with E-state index in [0.717, 1.165) is 31.9 Å². The third-order valence-corrected chi connectivity index (χ3v) is 2.55. The Morgan fingerprint density at radius 1 is 1.39 bits per heavy atom. The lowest BCUT2D eigenvalue weighted by Gasteiger charge is -2.06. The Kier molecular flexibility index (Phi) is 6.14. The Balaban J connectivity index is 2.32. The molecule has 0 aliphatic heterocycles. The minimum absolute atomic E-state index is 0.0288. The number of nitrogen functional groups attached to an aromatic ring is 1. The van der Waals surface area contributed by atoms with E-state index in [1.807, 2.05) is 0 Å². The van der Waals surface area contributed by atoms with E-state index in [1.165, 1.54) is 12.1 Å². The zero-order valence-corrected chi connectivity index (χ0v) is 10.5. The van der Waals surface area contributed by atoms with Gasteiger partial charge in [0.25, 0.3) is 5.91 Å². The van der Waals surface area contributed by atoms with Crippen LogP contribution < -0.4 is 11.1 Å². The fourth-order valence-electron chi connectivity index (χ4n) is 1.56. The molecule has 3 N–H and O–H groups in total. The van der Waals surface area contributed by atoms with E-state index < -0.39 is 11.7 Å². The predicted molar refractivity (Wildman–Crippen MR) is 68.9 cm³/mol. The maximum atomic E-state index is 13.4. The van der Waals surface area contributed by atoms with Gasteiger partial charge in [0.2, 0.25) is 0 Å². The second kappa shape index (κ2) is 7.66. The number of benzene rings is 1. The van der Waals surface area contributed by atoms with Gasteiger partial charge in [-0.05, 0) is 37.5 Å². The summed E-state index contributed by atoms with van der Waals surface area (Å²) in [5.41, 5.74) is 5.75. The summed E-state index contributed by atoms with van der Waals surface area (Å²) in [7, 11) is 1.66. The number of amides is 1. The van der Waals surface area contributed by atoms with Crippen molar-refractivity contribution in [1.29, 1.82) is 0 Å². The molecule has 0 saturated carbocycles. The minimum Gasteiger partial charge on any atom is -0.399 e. The van der Waals surface area contributed by atoms with E-state index >= 15 is 0 Å². The van der Waals surface area contributed by atoms with Crippen molar-refractivity contribution < 1.29 is 13.9 Å². The van der Waals surface area contributed by atoms with E-state index in [9.17, 15) is 9.18 Å². The number of ether oxygens (including phenoxy) is 1. The molecular formula is C13H19FN2O2. The second-order valence-corrected chi connectivity index (χ2v) is 4.05. The van der Waals surface area contributed by atoms with Gasteiger partial charge in [-0.25, -0.2) is 4.39 Å². The Morgan fingerprint density at radius 2 is 2.17 bits per heavy atom. The monoisotopic (exact) mass is 254 g/mol. The van der Waals surface area contributed by atoms with Crippen LogP contribution in [0.25, 0.3) is 0 Å². The standard InChI is InChI=1S/C13H19FN2O2/c1-18-8-4-2-3-7-16-13(17)11-6-5-10(15)9-12(11)14/h5-6,9H,2-4,7-8,15H2,1H3,(H,16,17). The Labute approximate surface area is 106 Å². The number of methoxy groups -OCH3 is 1. The van der Waals surface area contributed by atoms with Gasteiger partial charge in [0.1, 0.15) is 5.82 Å². The average Bonchev–Trinajstić information content (AvgIpc) is 2.33. The molecule has 5 heteroatoms. The summed E-state index contributed by atoms with van der Waals surface area (Å²) < 4.78 is 18.3. The lowest BCUT2D eigenvalue weighted by molar-refractivity contribution is 0.0948. The van der Waals surface area contributed by atoms with Crippen molar-refractivity contribution in [2.75, 3.05) is 26.0 Å². The number of halogens is 1. The highest BCUT2D eigenvalue weighted by Crippen LogP contribution is 2.11. The quantitative estimate of drug-likeness (QED) is 0.577. The van der Waals surface area contributed by atoms with Crippen LogP contribution in [0, 0.1) is 5.82 Å². The molecule has 0 saturated heterocycles. The number of carbonyl (C=O) groups excluding carboxylic acids is 1. The second-order valence-electron chi connectivity index (χ2n) is 4.05. The van der Waals surface area contributed by atoms with Crippen LogP contribution in [0.2, 0.25) is 0 Å². The summed E-state index contributed by atoms with van der Waals surface area (Å²) in [6, 6.07) is 4.05. The molecule has 0 aliphatic rings. The highest BCUT2D eigenvalue weighted by atomic mass is 19.1. The van der Waals surface area contributed by atoms with E-state index in [4.69, 9.17) is 10.5 Å². The number of anilines is 1. The SMILES string of the molecule is COCCCCCNC(=O)c1ccc(N)cc1F. The van der Waals surface area contributed by atoms with Gasteiger partial charge in [-0.3, -0.25) is 4.79 Å². The number of rotatable bonds is 7. The van der Waals surface area contributed by atoms with Crippen LogP contribution in [0.3, 0.4) is 0 Å². The first-order valence-electron chi connectivity index (χ1n) is 5.97. The van der Waals surface area contributed by atoms with Crippen LogP contribution in [0.4, 0.5) is 10.1 Å². The third-order valence-electron chi connectivity index (χ3n) is 2.55. The number of unbranched alkanes of at least 4 members (excludes halogenated alkanes) is 2. The summed E-state index contributed by atoms with van der Waals surface area (Å²) in [5, 5.41) is 2.68. The molecule has 1 amide bonds. The van der Waals surface area contributed by atoms with Crippen LogP contribution in [-0.4, -0.2) is 26.2 Å². The first-order valence-corrected chi connectivity index (χ1v) is 5.97. The minimum atomic E-state index is -0.591. The number of nitrogens with two attached hydrogens (primary N) is 1. The van der Waals surface area contributed by atoms with Crippen molar-refractivity contribution in [2.45, 2.75) is 19.3 Å². The molecule has 100 valence electrons. The van der Waals surface area contributed by atoms with Crippen LogP contribution >= 0.6 is 0 Å². The summed E-state index contributed by atoms with van der Waals surface area (Å²) in [6.45, 7) is 1.26. The molecule has 4 nitrogen and oxygen atoms in total. The van der Waals surface area contributed by atoms with Gasteiger partial charge >= 0.3 is 0 Å².